The summed E-state index contributed by atoms with van der Waals surface area (Å²) < 4.78 is 0.795. The van der Waals surface area contributed by atoms with Crippen LogP contribution < -0.4 is 5.32 Å². The van der Waals surface area contributed by atoms with Crippen molar-refractivity contribution in [3.8, 4) is 0 Å². The molecule has 1 aliphatic heterocycles. The second kappa shape index (κ2) is 6.70. The predicted molar refractivity (Wildman–Crippen MR) is 90.9 cm³/mol. The molecule has 0 saturated heterocycles. The zero-order chi connectivity index (χ0) is 14.0. The van der Waals surface area contributed by atoms with Crippen LogP contribution in [0, 0.1) is 5.92 Å². The highest BCUT2D eigenvalue weighted by Crippen LogP contribution is 2.37. The Morgan fingerprint density at radius 2 is 2.16 bits per heavy atom. The molecule has 0 radical (unpaired) electrons. The maximum absolute atomic E-state index is 6.21. The van der Waals surface area contributed by atoms with Gasteiger partial charge in [0.25, 0.3) is 0 Å². The van der Waals surface area contributed by atoms with Crippen LogP contribution in [0.5, 0.6) is 0 Å². The lowest BCUT2D eigenvalue weighted by Crippen LogP contribution is -2.10. The number of hydrogen-bond donors (Lipinski definition) is 1. The summed E-state index contributed by atoms with van der Waals surface area (Å²) >= 11 is 17.4. The highest BCUT2D eigenvalue weighted by molar-refractivity contribution is 9.10. The molecular weight excluding hydrogens is 367 g/mol. The number of aliphatic imine (C=N–C) groups is 1. The second-order valence-corrected chi connectivity index (χ2v) is 7.76. The van der Waals surface area contributed by atoms with Gasteiger partial charge in [-0.25, -0.2) is 0 Å². The minimum atomic E-state index is 0.520. The fourth-order valence-electron chi connectivity index (χ4n) is 1.87. The van der Waals surface area contributed by atoms with E-state index in [9.17, 15) is 0 Å². The molecule has 2 rings (SSSR count). The number of hydrogen-bond acceptors (Lipinski definition) is 3. The van der Waals surface area contributed by atoms with Gasteiger partial charge >= 0.3 is 0 Å². The van der Waals surface area contributed by atoms with E-state index in [0.29, 0.717) is 21.2 Å². The third-order valence-electron chi connectivity index (χ3n) is 2.73. The fourth-order valence-corrected chi connectivity index (χ4v) is 3.96. The topological polar surface area (TPSA) is 24.4 Å². The molecule has 1 N–H and O–H groups in total. The molecule has 104 valence electrons. The van der Waals surface area contributed by atoms with E-state index in [1.165, 1.54) is 6.42 Å². The largest absolute Gasteiger partial charge is 0.334 e. The number of amidine groups is 1. The van der Waals surface area contributed by atoms with Crippen molar-refractivity contribution in [1.82, 2.24) is 0 Å². The Kier molecular flexibility index (Phi) is 5.46. The number of nitrogens with zero attached hydrogens (tertiary/aromatic N) is 1. The molecule has 1 atom stereocenters. The minimum absolute atomic E-state index is 0.520. The molecule has 1 heterocycles. The van der Waals surface area contributed by atoms with Gasteiger partial charge in [-0.15, -0.1) is 0 Å². The molecule has 19 heavy (non-hydrogen) atoms. The predicted octanol–water partition coefficient (Wildman–Crippen LogP) is 5.69. The van der Waals surface area contributed by atoms with Crippen LogP contribution in [0.2, 0.25) is 10.0 Å². The van der Waals surface area contributed by atoms with Crippen LogP contribution >= 0.6 is 50.9 Å². The Hall–Kier alpha value is 0.1000. The number of anilines is 1. The number of thioether (sulfide) groups is 1. The van der Waals surface area contributed by atoms with E-state index in [0.717, 1.165) is 21.9 Å². The Labute approximate surface area is 136 Å². The van der Waals surface area contributed by atoms with Gasteiger partial charge in [-0.3, -0.25) is 4.99 Å². The maximum atomic E-state index is 6.21. The van der Waals surface area contributed by atoms with Gasteiger partial charge in [-0.2, -0.15) is 0 Å². The summed E-state index contributed by atoms with van der Waals surface area (Å²) in [5.74, 6) is 0.692. The molecule has 2 nitrogen and oxygen atoms in total. The van der Waals surface area contributed by atoms with Gasteiger partial charge in [-0.05, 0) is 40.4 Å². The highest BCUT2D eigenvalue weighted by atomic mass is 79.9. The van der Waals surface area contributed by atoms with E-state index in [4.69, 9.17) is 23.2 Å². The van der Waals surface area contributed by atoms with Crippen LogP contribution in [0.25, 0.3) is 0 Å². The van der Waals surface area contributed by atoms with Gasteiger partial charge in [-0.1, -0.05) is 48.8 Å². The van der Waals surface area contributed by atoms with Crippen molar-refractivity contribution in [3.63, 3.8) is 0 Å². The SMILES string of the molecule is CC(C)CC1CN=C(Nc2ccc(Br)c(Cl)c2Cl)S1. The van der Waals surface area contributed by atoms with Gasteiger partial charge < -0.3 is 5.32 Å². The smallest absolute Gasteiger partial charge is 0.161 e. The summed E-state index contributed by atoms with van der Waals surface area (Å²) in [5, 5.41) is 5.78. The molecular formula is C13H15BrCl2N2S. The molecule has 1 aromatic carbocycles. The van der Waals surface area contributed by atoms with Crippen LogP contribution in [0.1, 0.15) is 20.3 Å². The summed E-state index contributed by atoms with van der Waals surface area (Å²) in [6, 6.07) is 3.78. The van der Waals surface area contributed by atoms with E-state index in [1.54, 1.807) is 11.8 Å². The van der Waals surface area contributed by atoms with E-state index in [2.05, 4.69) is 40.1 Å². The van der Waals surface area contributed by atoms with E-state index in [-0.39, 0.29) is 0 Å². The number of halogens is 3. The van der Waals surface area contributed by atoms with E-state index >= 15 is 0 Å². The average Bonchev–Trinajstić information content (AvgIpc) is 2.76. The van der Waals surface area contributed by atoms with Gasteiger partial charge in [0, 0.05) is 9.72 Å². The molecule has 1 aromatic rings. The lowest BCUT2D eigenvalue weighted by Gasteiger charge is -2.12. The molecule has 0 aromatic heterocycles. The Morgan fingerprint density at radius 3 is 2.84 bits per heavy atom. The zero-order valence-corrected chi connectivity index (χ0v) is 14.6. The number of rotatable bonds is 3. The standard InChI is InChI=1S/C13H15BrCl2N2S/c1-7(2)5-8-6-17-13(19-8)18-10-4-3-9(14)11(15)12(10)16/h3-4,7-8H,5-6H2,1-2H3,(H,17,18). The van der Waals surface area contributed by atoms with Gasteiger partial charge in [0.15, 0.2) is 5.17 Å². The first-order chi connectivity index (χ1) is 8.97. The van der Waals surface area contributed by atoms with Crippen molar-refractivity contribution in [2.45, 2.75) is 25.5 Å². The summed E-state index contributed by atoms with van der Waals surface area (Å²) in [5.41, 5.74) is 0.798. The van der Waals surface area contributed by atoms with E-state index < -0.39 is 0 Å². The molecule has 0 spiro atoms. The number of nitrogens with one attached hydrogen (secondary N) is 1. The van der Waals surface area contributed by atoms with Crippen LogP contribution in [0.3, 0.4) is 0 Å². The second-order valence-electron chi connectivity index (χ2n) is 4.86. The summed E-state index contributed by atoms with van der Waals surface area (Å²) in [6.07, 6.45) is 1.17. The van der Waals surface area contributed by atoms with Crippen LogP contribution in [-0.4, -0.2) is 17.0 Å². The Morgan fingerprint density at radius 1 is 1.42 bits per heavy atom. The third-order valence-corrected chi connectivity index (χ3v) is 5.63. The molecule has 0 amide bonds. The third kappa shape index (κ3) is 4.03. The van der Waals surface area contributed by atoms with Gasteiger partial charge in [0.2, 0.25) is 0 Å². The van der Waals surface area contributed by atoms with Crippen molar-refractivity contribution >= 4 is 61.7 Å². The average molecular weight is 382 g/mol. The first-order valence-corrected chi connectivity index (χ1v) is 8.52. The Balaban J connectivity index is 2.02. The first kappa shape index (κ1) is 15.5. The first-order valence-electron chi connectivity index (χ1n) is 6.09. The minimum Gasteiger partial charge on any atom is -0.334 e. The van der Waals surface area contributed by atoms with Gasteiger partial charge in [0.05, 0.1) is 22.3 Å². The highest BCUT2D eigenvalue weighted by Gasteiger charge is 2.21. The van der Waals surface area contributed by atoms with Crippen LogP contribution in [0.15, 0.2) is 21.6 Å². The molecule has 1 unspecified atom stereocenters. The van der Waals surface area contributed by atoms with Crippen molar-refractivity contribution < 1.29 is 0 Å². The van der Waals surface area contributed by atoms with Crippen molar-refractivity contribution in [3.05, 3.63) is 26.7 Å². The summed E-state index contributed by atoms with van der Waals surface area (Å²) in [7, 11) is 0. The molecule has 0 fully saturated rings. The molecule has 0 bridgehead atoms. The number of benzene rings is 1. The molecule has 1 aliphatic rings. The van der Waals surface area contributed by atoms with Crippen LogP contribution in [-0.2, 0) is 0 Å². The van der Waals surface area contributed by atoms with Crippen LogP contribution in [0.4, 0.5) is 5.69 Å². The van der Waals surface area contributed by atoms with Crippen molar-refractivity contribution in [1.29, 1.82) is 0 Å². The molecule has 0 saturated carbocycles. The zero-order valence-electron chi connectivity index (χ0n) is 10.7. The lowest BCUT2D eigenvalue weighted by atomic mass is 10.1. The van der Waals surface area contributed by atoms with E-state index in [1.807, 2.05) is 12.1 Å². The molecule has 0 aliphatic carbocycles. The quantitative estimate of drug-likeness (QED) is 0.680. The monoisotopic (exact) mass is 380 g/mol. The van der Waals surface area contributed by atoms with Crippen molar-refractivity contribution in [2.24, 2.45) is 10.9 Å². The summed E-state index contributed by atoms with van der Waals surface area (Å²) in [4.78, 5) is 4.51. The summed E-state index contributed by atoms with van der Waals surface area (Å²) in [6.45, 7) is 5.34. The Bertz CT molecular complexity index is 506. The maximum Gasteiger partial charge on any atom is 0.161 e. The lowest BCUT2D eigenvalue weighted by molar-refractivity contribution is 0.575. The molecule has 6 heteroatoms. The van der Waals surface area contributed by atoms with Crippen molar-refractivity contribution in [2.75, 3.05) is 11.9 Å². The van der Waals surface area contributed by atoms with Gasteiger partial charge in [0.1, 0.15) is 0 Å². The fraction of sp³-hybridized carbons (Fsp3) is 0.462. The normalized spacial score (nSPS) is 18.8.